The van der Waals surface area contributed by atoms with Crippen LogP contribution in [0.5, 0.6) is 5.75 Å². The molecule has 1 aromatic rings. The molecule has 3 unspecified atom stereocenters. The molecule has 0 amide bonds. The monoisotopic (exact) mass is 253 g/mol. The molecule has 2 N–H and O–H groups in total. The second-order valence-electron chi connectivity index (χ2n) is 4.86. The Kier molecular flexibility index (Phi) is 4.19. The van der Waals surface area contributed by atoms with Crippen molar-refractivity contribution in [2.45, 2.75) is 44.4 Å². The van der Waals surface area contributed by atoms with Crippen molar-refractivity contribution in [2.75, 3.05) is 7.11 Å². The van der Waals surface area contributed by atoms with E-state index in [1.165, 1.54) is 7.11 Å². The molecule has 0 spiro atoms. The molecule has 18 heavy (non-hydrogen) atoms. The van der Waals surface area contributed by atoms with E-state index in [0.717, 1.165) is 12.8 Å². The van der Waals surface area contributed by atoms with E-state index in [1.807, 2.05) is 6.92 Å². The van der Waals surface area contributed by atoms with E-state index in [-0.39, 0.29) is 29.8 Å². The molecule has 1 aliphatic heterocycles. The van der Waals surface area contributed by atoms with Crippen molar-refractivity contribution < 1.29 is 13.9 Å². The molecule has 1 aromatic carbocycles. The molecule has 0 aliphatic carbocycles. The first kappa shape index (κ1) is 13.3. The van der Waals surface area contributed by atoms with Crippen molar-refractivity contribution in [1.29, 1.82) is 0 Å². The summed E-state index contributed by atoms with van der Waals surface area (Å²) in [5.74, 6) is -0.0538. The maximum absolute atomic E-state index is 14.0. The first-order valence-corrected chi connectivity index (χ1v) is 6.34. The molecule has 1 fully saturated rings. The fourth-order valence-corrected chi connectivity index (χ4v) is 2.41. The Bertz CT molecular complexity index is 411. The Hall–Kier alpha value is -1.13. The molecular weight excluding hydrogens is 233 g/mol. The van der Waals surface area contributed by atoms with Gasteiger partial charge in [0.2, 0.25) is 0 Å². The maximum atomic E-state index is 14.0. The number of ether oxygens (including phenoxy) is 2. The molecule has 2 rings (SSSR count). The van der Waals surface area contributed by atoms with Gasteiger partial charge in [-0.3, -0.25) is 0 Å². The number of benzene rings is 1. The van der Waals surface area contributed by atoms with Crippen LogP contribution in [0.2, 0.25) is 0 Å². The van der Waals surface area contributed by atoms with Crippen molar-refractivity contribution in [3.8, 4) is 5.75 Å². The van der Waals surface area contributed by atoms with Gasteiger partial charge in [0.1, 0.15) is 0 Å². The Balaban J connectivity index is 2.05. The number of rotatable bonds is 4. The summed E-state index contributed by atoms with van der Waals surface area (Å²) in [6.45, 7) is 2.04. The molecular formula is C14H20FNO2. The average molecular weight is 253 g/mol. The Morgan fingerprint density at radius 3 is 2.89 bits per heavy atom. The highest BCUT2D eigenvalue weighted by Gasteiger charge is 2.28. The Morgan fingerprint density at radius 1 is 1.50 bits per heavy atom. The van der Waals surface area contributed by atoms with Gasteiger partial charge in [-0.1, -0.05) is 12.1 Å². The zero-order chi connectivity index (χ0) is 13.1. The van der Waals surface area contributed by atoms with Gasteiger partial charge < -0.3 is 15.2 Å². The lowest BCUT2D eigenvalue weighted by molar-refractivity contribution is 0.0403. The lowest BCUT2D eigenvalue weighted by Crippen LogP contribution is -2.36. The van der Waals surface area contributed by atoms with Crippen LogP contribution in [0.1, 0.15) is 25.3 Å². The van der Waals surface area contributed by atoms with Gasteiger partial charge >= 0.3 is 0 Å². The Labute approximate surface area is 107 Å². The molecule has 4 heteroatoms. The van der Waals surface area contributed by atoms with Gasteiger partial charge in [-0.05, 0) is 37.8 Å². The summed E-state index contributed by atoms with van der Waals surface area (Å²) in [5, 5.41) is 0. The molecule has 0 aromatic heterocycles. The van der Waals surface area contributed by atoms with Gasteiger partial charge in [0, 0.05) is 6.04 Å². The third kappa shape index (κ3) is 2.82. The normalized spacial score (nSPS) is 25.1. The number of hydrogen-bond donors (Lipinski definition) is 1. The van der Waals surface area contributed by atoms with Crippen molar-refractivity contribution in [3.63, 3.8) is 0 Å². The summed E-state index contributed by atoms with van der Waals surface area (Å²) < 4.78 is 24.7. The third-order valence-electron chi connectivity index (χ3n) is 3.46. The standard InChI is InChI=1S/C14H20FNO2/c1-9-6-7-12(18-9)11(16)8-10-4-3-5-13(17-2)14(10)15/h3-5,9,11-12H,6-8,16H2,1-2H3. The van der Waals surface area contributed by atoms with Gasteiger partial charge in [0.15, 0.2) is 11.6 Å². The van der Waals surface area contributed by atoms with Crippen LogP contribution >= 0.6 is 0 Å². The topological polar surface area (TPSA) is 44.5 Å². The second kappa shape index (κ2) is 5.67. The zero-order valence-corrected chi connectivity index (χ0v) is 10.9. The summed E-state index contributed by atoms with van der Waals surface area (Å²) in [7, 11) is 1.46. The van der Waals surface area contributed by atoms with E-state index in [1.54, 1.807) is 18.2 Å². The van der Waals surface area contributed by atoms with Gasteiger partial charge in [0.05, 0.1) is 19.3 Å². The van der Waals surface area contributed by atoms with Gasteiger partial charge in [0.25, 0.3) is 0 Å². The predicted octanol–water partition coefficient (Wildman–Crippen LogP) is 2.27. The second-order valence-corrected chi connectivity index (χ2v) is 4.86. The van der Waals surface area contributed by atoms with Crippen molar-refractivity contribution >= 4 is 0 Å². The quantitative estimate of drug-likeness (QED) is 0.895. The first-order valence-electron chi connectivity index (χ1n) is 6.34. The Morgan fingerprint density at radius 2 is 2.28 bits per heavy atom. The third-order valence-corrected chi connectivity index (χ3v) is 3.46. The number of methoxy groups -OCH3 is 1. The smallest absolute Gasteiger partial charge is 0.168 e. The molecule has 3 nitrogen and oxygen atoms in total. The lowest BCUT2D eigenvalue weighted by Gasteiger charge is -2.20. The lowest BCUT2D eigenvalue weighted by atomic mass is 9.99. The van der Waals surface area contributed by atoms with Crippen molar-refractivity contribution in [1.82, 2.24) is 0 Å². The summed E-state index contributed by atoms with van der Waals surface area (Å²) >= 11 is 0. The summed E-state index contributed by atoms with van der Waals surface area (Å²) in [6, 6.07) is 4.97. The molecule has 1 aliphatic rings. The van der Waals surface area contributed by atoms with E-state index in [4.69, 9.17) is 15.2 Å². The highest BCUT2D eigenvalue weighted by Crippen LogP contribution is 2.25. The zero-order valence-electron chi connectivity index (χ0n) is 10.9. The molecule has 0 bridgehead atoms. The van der Waals surface area contributed by atoms with Crippen LogP contribution in [-0.4, -0.2) is 25.4 Å². The molecule has 0 radical (unpaired) electrons. The van der Waals surface area contributed by atoms with Crippen LogP contribution in [-0.2, 0) is 11.2 Å². The average Bonchev–Trinajstić information content (AvgIpc) is 2.78. The van der Waals surface area contributed by atoms with E-state index in [2.05, 4.69) is 0 Å². The minimum atomic E-state index is -0.318. The van der Waals surface area contributed by atoms with E-state index >= 15 is 0 Å². The highest BCUT2D eigenvalue weighted by molar-refractivity contribution is 5.31. The van der Waals surface area contributed by atoms with Crippen molar-refractivity contribution in [2.24, 2.45) is 5.73 Å². The van der Waals surface area contributed by atoms with E-state index in [0.29, 0.717) is 12.0 Å². The number of halogens is 1. The van der Waals surface area contributed by atoms with Gasteiger partial charge in [-0.15, -0.1) is 0 Å². The van der Waals surface area contributed by atoms with Crippen LogP contribution < -0.4 is 10.5 Å². The molecule has 1 heterocycles. The van der Waals surface area contributed by atoms with Crippen LogP contribution in [0, 0.1) is 5.82 Å². The fraction of sp³-hybridized carbons (Fsp3) is 0.571. The molecule has 3 atom stereocenters. The predicted molar refractivity (Wildman–Crippen MR) is 68.2 cm³/mol. The SMILES string of the molecule is COc1cccc(CC(N)C2CCC(C)O2)c1F. The minimum Gasteiger partial charge on any atom is -0.494 e. The number of hydrogen-bond acceptors (Lipinski definition) is 3. The maximum Gasteiger partial charge on any atom is 0.168 e. The van der Waals surface area contributed by atoms with Crippen LogP contribution in [0.25, 0.3) is 0 Å². The molecule has 0 saturated carbocycles. The van der Waals surface area contributed by atoms with Crippen LogP contribution in [0.3, 0.4) is 0 Å². The number of nitrogens with two attached hydrogens (primary N) is 1. The summed E-state index contributed by atoms with van der Waals surface area (Å²) in [6.07, 6.45) is 2.75. The van der Waals surface area contributed by atoms with Crippen LogP contribution in [0.4, 0.5) is 4.39 Å². The van der Waals surface area contributed by atoms with Crippen molar-refractivity contribution in [3.05, 3.63) is 29.6 Å². The van der Waals surface area contributed by atoms with Gasteiger partial charge in [-0.25, -0.2) is 4.39 Å². The summed E-state index contributed by atoms with van der Waals surface area (Å²) in [5.41, 5.74) is 6.69. The fourth-order valence-electron chi connectivity index (χ4n) is 2.41. The van der Waals surface area contributed by atoms with E-state index in [9.17, 15) is 4.39 Å². The first-order chi connectivity index (χ1) is 8.61. The summed E-state index contributed by atoms with van der Waals surface area (Å²) in [4.78, 5) is 0. The largest absolute Gasteiger partial charge is 0.494 e. The molecule has 100 valence electrons. The minimum absolute atomic E-state index is 0.0330. The van der Waals surface area contributed by atoms with Crippen LogP contribution in [0.15, 0.2) is 18.2 Å². The highest BCUT2D eigenvalue weighted by atomic mass is 19.1. The van der Waals surface area contributed by atoms with Gasteiger partial charge in [-0.2, -0.15) is 0 Å². The van der Waals surface area contributed by atoms with E-state index < -0.39 is 0 Å². The molecule has 1 saturated heterocycles.